The zero-order chi connectivity index (χ0) is 9.42. The van der Waals surface area contributed by atoms with Gasteiger partial charge in [-0.2, -0.15) is 4.99 Å². The van der Waals surface area contributed by atoms with Crippen LogP contribution in [0.15, 0.2) is 27.1 Å². The van der Waals surface area contributed by atoms with Crippen molar-refractivity contribution >= 4 is 23.2 Å². The zero-order valence-electron chi connectivity index (χ0n) is 7.48. The Morgan fingerprint density at radius 3 is 2.77 bits per heavy atom. The summed E-state index contributed by atoms with van der Waals surface area (Å²) in [6.45, 7) is 3.76. The normalized spacial score (nSPS) is 26.2. The topological polar surface area (TPSA) is 54.1 Å². The van der Waals surface area contributed by atoms with Crippen LogP contribution in [0.1, 0.15) is 13.8 Å². The van der Waals surface area contributed by atoms with Gasteiger partial charge in [0.2, 0.25) is 0 Å². The Hall–Kier alpha value is -1.58. The highest BCUT2D eigenvalue weighted by atomic mass is 16.1. The molecule has 2 rings (SSSR count). The predicted octanol–water partition coefficient (Wildman–Crippen LogP) is 0.785. The zero-order valence-corrected chi connectivity index (χ0v) is 7.48. The van der Waals surface area contributed by atoms with E-state index in [4.69, 9.17) is 0 Å². The van der Waals surface area contributed by atoms with E-state index in [-0.39, 0.29) is 11.9 Å². The van der Waals surface area contributed by atoms with Crippen molar-refractivity contribution in [2.24, 2.45) is 15.0 Å². The van der Waals surface area contributed by atoms with Crippen LogP contribution in [0, 0.1) is 0 Å². The highest BCUT2D eigenvalue weighted by Crippen LogP contribution is 2.11. The molecular formula is C9H9N3O. The van der Waals surface area contributed by atoms with Crippen LogP contribution in [0.3, 0.4) is 0 Å². The number of fused-ring (bicyclic) bond motifs is 1. The van der Waals surface area contributed by atoms with Crippen LogP contribution in [0.25, 0.3) is 0 Å². The van der Waals surface area contributed by atoms with Crippen molar-refractivity contribution in [3.8, 4) is 0 Å². The Labute approximate surface area is 75.8 Å². The monoisotopic (exact) mass is 175 g/mol. The van der Waals surface area contributed by atoms with Crippen LogP contribution in [0.5, 0.6) is 0 Å². The largest absolute Gasteiger partial charge is 0.273 e. The van der Waals surface area contributed by atoms with Crippen LogP contribution >= 0.6 is 0 Å². The van der Waals surface area contributed by atoms with Crippen molar-refractivity contribution in [2.45, 2.75) is 19.9 Å². The Kier molecular flexibility index (Phi) is 1.69. The van der Waals surface area contributed by atoms with E-state index in [9.17, 15) is 4.79 Å². The standard InChI is InChI=1S/C9H9N3O/c1-5-6(2)11-9-7(10-5)3-4-8(13)12-9/h3-4,7H,1-2H3. The molecule has 2 aliphatic heterocycles. The fourth-order valence-electron chi connectivity index (χ4n) is 1.22. The van der Waals surface area contributed by atoms with Gasteiger partial charge in [0.25, 0.3) is 5.91 Å². The van der Waals surface area contributed by atoms with Crippen LogP contribution in [0.4, 0.5) is 0 Å². The van der Waals surface area contributed by atoms with Gasteiger partial charge >= 0.3 is 0 Å². The number of nitrogens with zero attached hydrogens (tertiary/aromatic N) is 3. The van der Waals surface area contributed by atoms with E-state index in [0.717, 1.165) is 11.4 Å². The number of carbonyl (C=O) groups is 1. The third kappa shape index (κ3) is 1.35. The van der Waals surface area contributed by atoms with E-state index < -0.39 is 0 Å². The number of rotatable bonds is 0. The van der Waals surface area contributed by atoms with E-state index in [1.807, 2.05) is 13.8 Å². The van der Waals surface area contributed by atoms with Crippen LogP contribution in [0.2, 0.25) is 0 Å². The molecular weight excluding hydrogens is 166 g/mol. The van der Waals surface area contributed by atoms with Crippen molar-refractivity contribution in [3.05, 3.63) is 12.2 Å². The van der Waals surface area contributed by atoms with Gasteiger partial charge in [0.05, 0.1) is 11.4 Å². The Morgan fingerprint density at radius 2 is 2.00 bits per heavy atom. The quantitative estimate of drug-likeness (QED) is 0.536. The summed E-state index contributed by atoms with van der Waals surface area (Å²) < 4.78 is 0. The summed E-state index contributed by atoms with van der Waals surface area (Å²) >= 11 is 0. The minimum Gasteiger partial charge on any atom is -0.273 e. The summed E-state index contributed by atoms with van der Waals surface area (Å²) in [5.74, 6) is 0.258. The van der Waals surface area contributed by atoms with E-state index >= 15 is 0 Å². The predicted molar refractivity (Wildman–Crippen MR) is 51.6 cm³/mol. The van der Waals surface area contributed by atoms with Crippen LogP contribution < -0.4 is 0 Å². The fourth-order valence-corrected chi connectivity index (χ4v) is 1.22. The number of amides is 1. The van der Waals surface area contributed by atoms with Crippen molar-refractivity contribution in [3.63, 3.8) is 0 Å². The maximum atomic E-state index is 10.9. The summed E-state index contributed by atoms with van der Waals surface area (Å²) in [6.07, 6.45) is 3.16. The average molecular weight is 175 g/mol. The second kappa shape index (κ2) is 2.73. The van der Waals surface area contributed by atoms with E-state index in [1.165, 1.54) is 6.08 Å². The molecule has 4 nitrogen and oxygen atoms in total. The summed E-state index contributed by atoms with van der Waals surface area (Å²) in [7, 11) is 0. The molecule has 1 unspecified atom stereocenters. The lowest BCUT2D eigenvalue weighted by Gasteiger charge is -2.17. The molecule has 0 radical (unpaired) electrons. The van der Waals surface area contributed by atoms with Crippen molar-refractivity contribution < 1.29 is 4.79 Å². The number of hydrogen-bond donors (Lipinski definition) is 0. The van der Waals surface area contributed by atoms with Crippen molar-refractivity contribution in [1.29, 1.82) is 0 Å². The molecule has 1 atom stereocenters. The maximum Gasteiger partial charge on any atom is 0.271 e. The number of aliphatic imine (C=N–C) groups is 3. The first-order chi connectivity index (χ1) is 6.16. The molecule has 13 heavy (non-hydrogen) atoms. The molecule has 0 aromatic heterocycles. The van der Waals surface area contributed by atoms with Gasteiger partial charge in [0.15, 0.2) is 5.84 Å². The molecule has 4 heteroatoms. The molecule has 0 aromatic carbocycles. The lowest BCUT2D eigenvalue weighted by atomic mass is 10.1. The number of hydrogen-bond acceptors (Lipinski definition) is 3. The molecule has 0 fully saturated rings. The molecule has 66 valence electrons. The van der Waals surface area contributed by atoms with Gasteiger partial charge < -0.3 is 0 Å². The summed E-state index contributed by atoms with van der Waals surface area (Å²) in [6, 6.07) is -0.151. The third-order valence-corrected chi connectivity index (χ3v) is 2.05. The Morgan fingerprint density at radius 1 is 1.23 bits per heavy atom. The second-order valence-electron chi connectivity index (χ2n) is 3.02. The SMILES string of the molecule is CC1=NC2=NC(=O)C=CC2N=C1C. The van der Waals surface area contributed by atoms with Gasteiger partial charge in [-0.25, -0.2) is 4.99 Å². The molecule has 2 aliphatic rings. The highest BCUT2D eigenvalue weighted by Gasteiger charge is 2.21. The number of amidine groups is 1. The lowest BCUT2D eigenvalue weighted by molar-refractivity contribution is -0.113. The van der Waals surface area contributed by atoms with Gasteiger partial charge in [0, 0.05) is 6.08 Å². The van der Waals surface area contributed by atoms with Gasteiger partial charge in [-0.1, -0.05) is 0 Å². The van der Waals surface area contributed by atoms with Crippen LogP contribution in [-0.2, 0) is 4.79 Å². The van der Waals surface area contributed by atoms with Crippen molar-refractivity contribution in [1.82, 2.24) is 0 Å². The second-order valence-corrected chi connectivity index (χ2v) is 3.02. The molecule has 2 heterocycles. The summed E-state index contributed by atoms with van der Waals surface area (Å²) in [4.78, 5) is 23.2. The molecule has 0 saturated heterocycles. The maximum absolute atomic E-state index is 10.9. The third-order valence-electron chi connectivity index (χ3n) is 2.05. The number of carbonyl (C=O) groups excluding carboxylic acids is 1. The molecule has 0 spiro atoms. The molecule has 0 aliphatic carbocycles. The minimum atomic E-state index is -0.252. The summed E-state index contributed by atoms with van der Waals surface area (Å²) in [5, 5.41) is 0. The Bertz CT molecular complexity index is 388. The van der Waals surface area contributed by atoms with E-state index in [0.29, 0.717) is 5.84 Å². The van der Waals surface area contributed by atoms with Crippen molar-refractivity contribution in [2.75, 3.05) is 0 Å². The van der Waals surface area contributed by atoms with Gasteiger partial charge in [0.1, 0.15) is 6.04 Å². The Balaban J connectivity index is 2.43. The molecule has 0 aromatic rings. The first-order valence-electron chi connectivity index (χ1n) is 4.07. The first-order valence-corrected chi connectivity index (χ1v) is 4.07. The average Bonchev–Trinajstić information content (AvgIpc) is 2.08. The van der Waals surface area contributed by atoms with Crippen LogP contribution in [-0.4, -0.2) is 29.2 Å². The van der Waals surface area contributed by atoms with E-state index in [2.05, 4.69) is 15.0 Å². The van der Waals surface area contributed by atoms with Gasteiger partial charge in [-0.15, -0.1) is 0 Å². The van der Waals surface area contributed by atoms with Gasteiger partial charge in [-0.05, 0) is 19.9 Å². The molecule has 0 bridgehead atoms. The first kappa shape index (κ1) is 8.04. The minimum absolute atomic E-state index is 0.151. The lowest BCUT2D eigenvalue weighted by Crippen LogP contribution is -2.28. The molecule has 0 saturated carbocycles. The smallest absolute Gasteiger partial charge is 0.271 e. The number of dihydropyridines is 1. The highest BCUT2D eigenvalue weighted by molar-refractivity contribution is 6.44. The summed E-state index contributed by atoms with van der Waals surface area (Å²) in [5.41, 5.74) is 1.74. The molecule has 1 amide bonds. The van der Waals surface area contributed by atoms with Gasteiger partial charge in [-0.3, -0.25) is 9.79 Å². The fraction of sp³-hybridized carbons (Fsp3) is 0.333. The molecule has 0 N–H and O–H groups in total. The van der Waals surface area contributed by atoms with E-state index in [1.54, 1.807) is 6.08 Å².